The molecule has 1 saturated heterocycles. The Labute approximate surface area is 112 Å². The summed E-state index contributed by atoms with van der Waals surface area (Å²) in [6, 6.07) is 0. The van der Waals surface area contributed by atoms with Gasteiger partial charge in [0.2, 0.25) is 0 Å². The molecule has 5 nitrogen and oxygen atoms in total. The van der Waals surface area contributed by atoms with E-state index >= 15 is 0 Å². The van der Waals surface area contributed by atoms with Crippen molar-refractivity contribution in [3.05, 3.63) is 24.3 Å². The SMILES string of the molecule is S=C(NN=Cc1cnccn1)N1CCCCCC1. The van der Waals surface area contributed by atoms with Gasteiger partial charge in [-0.25, -0.2) is 0 Å². The fraction of sp³-hybridized carbons (Fsp3) is 0.500. The second-order valence-corrected chi connectivity index (χ2v) is 4.59. The van der Waals surface area contributed by atoms with Gasteiger partial charge in [-0.3, -0.25) is 15.4 Å². The zero-order valence-electron chi connectivity index (χ0n) is 10.2. The van der Waals surface area contributed by atoms with E-state index in [2.05, 4.69) is 25.4 Å². The normalized spacial score (nSPS) is 16.6. The maximum absolute atomic E-state index is 5.31. The van der Waals surface area contributed by atoms with Crippen LogP contribution in [0.15, 0.2) is 23.7 Å². The Morgan fingerprint density at radius 2 is 2.06 bits per heavy atom. The zero-order valence-corrected chi connectivity index (χ0v) is 11.1. The molecule has 1 aromatic heterocycles. The summed E-state index contributed by atoms with van der Waals surface area (Å²) in [6.07, 6.45) is 11.5. The van der Waals surface area contributed by atoms with Crippen molar-refractivity contribution in [1.29, 1.82) is 0 Å². The molecule has 0 radical (unpaired) electrons. The summed E-state index contributed by atoms with van der Waals surface area (Å²) in [6.45, 7) is 2.04. The standard InChI is InChI=1S/C12H17N5S/c18-12(17-7-3-1-2-4-8-17)16-15-10-11-9-13-5-6-14-11/h5-6,9-10H,1-4,7-8H2,(H,16,18). The van der Waals surface area contributed by atoms with Gasteiger partial charge in [-0.15, -0.1) is 0 Å². The summed E-state index contributed by atoms with van der Waals surface area (Å²) in [7, 11) is 0. The van der Waals surface area contributed by atoms with Crippen molar-refractivity contribution in [3.8, 4) is 0 Å². The molecule has 18 heavy (non-hydrogen) atoms. The second-order valence-electron chi connectivity index (χ2n) is 4.21. The van der Waals surface area contributed by atoms with E-state index in [4.69, 9.17) is 12.2 Å². The van der Waals surface area contributed by atoms with E-state index in [1.165, 1.54) is 25.7 Å². The second kappa shape index (κ2) is 7.00. The first-order valence-corrected chi connectivity index (χ1v) is 6.61. The lowest BCUT2D eigenvalue weighted by molar-refractivity contribution is 0.428. The Bertz CT molecular complexity index is 398. The van der Waals surface area contributed by atoms with Crippen molar-refractivity contribution in [1.82, 2.24) is 20.3 Å². The summed E-state index contributed by atoms with van der Waals surface area (Å²) in [5, 5.41) is 4.78. The molecule has 1 aliphatic rings. The van der Waals surface area contributed by atoms with E-state index in [1.54, 1.807) is 24.8 Å². The molecule has 0 aromatic carbocycles. The third-order valence-electron chi connectivity index (χ3n) is 2.83. The van der Waals surface area contributed by atoms with Gasteiger partial charge in [0.05, 0.1) is 12.4 Å². The van der Waals surface area contributed by atoms with Crippen LogP contribution in [0.5, 0.6) is 0 Å². The van der Waals surface area contributed by atoms with Crippen LogP contribution < -0.4 is 5.43 Å². The third kappa shape index (κ3) is 4.03. The molecule has 96 valence electrons. The maximum Gasteiger partial charge on any atom is 0.189 e. The Hall–Kier alpha value is -1.56. The number of likely N-dealkylation sites (tertiary alicyclic amines) is 1. The number of aromatic nitrogens is 2. The van der Waals surface area contributed by atoms with Crippen molar-refractivity contribution in [2.24, 2.45) is 5.10 Å². The van der Waals surface area contributed by atoms with Gasteiger partial charge < -0.3 is 4.90 Å². The molecular formula is C12H17N5S. The Kier molecular flexibility index (Phi) is 5.01. The molecule has 0 unspecified atom stereocenters. The van der Waals surface area contributed by atoms with Gasteiger partial charge in [-0.2, -0.15) is 5.10 Å². The number of nitrogens with one attached hydrogen (secondary N) is 1. The van der Waals surface area contributed by atoms with Crippen LogP contribution in [-0.4, -0.2) is 39.3 Å². The average molecular weight is 263 g/mol. The van der Waals surface area contributed by atoms with Crippen LogP contribution in [0.25, 0.3) is 0 Å². The van der Waals surface area contributed by atoms with Crippen molar-refractivity contribution >= 4 is 23.5 Å². The van der Waals surface area contributed by atoms with Crippen LogP contribution >= 0.6 is 12.2 Å². The van der Waals surface area contributed by atoms with Crippen LogP contribution in [0.4, 0.5) is 0 Å². The van der Waals surface area contributed by atoms with Crippen molar-refractivity contribution in [3.63, 3.8) is 0 Å². The van der Waals surface area contributed by atoms with Gasteiger partial charge >= 0.3 is 0 Å². The van der Waals surface area contributed by atoms with Crippen molar-refractivity contribution in [2.75, 3.05) is 13.1 Å². The summed E-state index contributed by atoms with van der Waals surface area (Å²) < 4.78 is 0. The first-order valence-electron chi connectivity index (χ1n) is 6.20. The monoisotopic (exact) mass is 263 g/mol. The highest BCUT2D eigenvalue weighted by Gasteiger charge is 2.11. The maximum atomic E-state index is 5.31. The largest absolute Gasteiger partial charge is 0.348 e. The van der Waals surface area contributed by atoms with Crippen LogP contribution in [-0.2, 0) is 0 Å². The molecule has 0 saturated carbocycles. The van der Waals surface area contributed by atoms with Crippen LogP contribution in [0, 0.1) is 0 Å². The highest BCUT2D eigenvalue weighted by molar-refractivity contribution is 7.80. The van der Waals surface area contributed by atoms with Gasteiger partial charge in [-0.05, 0) is 25.1 Å². The van der Waals surface area contributed by atoms with Gasteiger partial charge in [0.25, 0.3) is 0 Å². The molecule has 6 heteroatoms. The van der Waals surface area contributed by atoms with Gasteiger partial charge in [0.15, 0.2) is 5.11 Å². The van der Waals surface area contributed by atoms with Crippen LogP contribution in [0.1, 0.15) is 31.4 Å². The smallest absolute Gasteiger partial charge is 0.189 e. The van der Waals surface area contributed by atoms with Crippen LogP contribution in [0.3, 0.4) is 0 Å². The summed E-state index contributed by atoms with van der Waals surface area (Å²) in [5.74, 6) is 0. The van der Waals surface area contributed by atoms with Gasteiger partial charge in [-0.1, -0.05) is 12.8 Å². The fourth-order valence-electron chi connectivity index (χ4n) is 1.88. The molecule has 0 bridgehead atoms. The first kappa shape index (κ1) is 12.9. The van der Waals surface area contributed by atoms with E-state index in [0.29, 0.717) is 10.8 Å². The lowest BCUT2D eigenvalue weighted by Crippen LogP contribution is -2.38. The molecule has 0 amide bonds. The predicted octanol–water partition coefficient (Wildman–Crippen LogP) is 1.56. The number of hydrazone groups is 1. The minimum Gasteiger partial charge on any atom is -0.348 e. The highest BCUT2D eigenvalue weighted by Crippen LogP contribution is 2.09. The fourth-order valence-corrected chi connectivity index (χ4v) is 2.11. The zero-order chi connectivity index (χ0) is 12.6. The van der Waals surface area contributed by atoms with Gasteiger partial charge in [0, 0.05) is 25.5 Å². The molecule has 0 atom stereocenters. The summed E-state index contributed by atoms with van der Waals surface area (Å²) >= 11 is 5.31. The van der Waals surface area contributed by atoms with Crippen molar-refractivity contribution < 1.29 is 0 Å². The van der Waals surface area contributed by atoms with E-state index in [-0.39, 0.29) is 0 Å². The Morgan fingerprint density at radius 1 is 1.28 bits per heavy atom. The Balaban J connectivity index is 1.82. The summed E-state index contributed by atoms with van der Waals surface area (Å²) in [5.41, 5.74) is 3.60. The van der Waals surface area contributed by atoms with E-state index < -0.39 is 0 Å². The van der Waals surface area contributed by atoms with E-state index in [9.17, 15) is 0 Å². The molecule has 2 heterocycles. The first-order chi connectivity index (χ1) is 8.86. The Morgan fingerprint density at radius 3 is 2.72 bits per heavy atom. The van der Waals surface area contributed by atoms with E-state index in [1.807, 2.05) is 0 Å². The lowest BCUT2D eigenvalue weighted by Gasteiger charge is -2.21. The number of hydrogen-bond acceptors (Lipinski definition) is 4. The molecule has 1 fully saturated rings. The average Bonchev–Trinajstić information content (AvgIpc) is 2.69. The number of hydrogen-bond donors (Lipinski definition) is 1. The lowest BCUT2D eigenvalue weighted by atomic mass is 10.2. The predicted molar refractivity (Wildman–Crippen MR) is 75.4 cm³/mol. The number of rotatable bonds is 2. The van der Waals surface area contributed by atoms with Crippen molar-refractivity contribution in [2.45, 2.75) is 25.7 Å². The molecule has 1 aliphatic heterocycles. The van der Waals surface area contributed by atoms with E-state index in [0.717, 1.165) is 13.1 Å². The third-order valence-corrected chi connectivity index (χ3v) is 3.18. The number of thiocarbonyl (C=S) groups is 1. The number of nitrogens with zero attached hydrogens (tertiary/aromatic N) is 4. The minimum atomic E-state index is 0.692. The molecule has 1 N–H and O–H groups in total. The van der Waals surface area contributed by atoms with Crippen LogP contribution in [0.2, 0.25) is 0 Å². The minimum absolute atomic E-state index is 0.692. The quantitative estimate of drug-likeness (QED) is 0.498. The molecular weight excluding hydrogens is 246 g/mol. The highest BCUT2D eigenvalue weighted by atomic mass is 32.1. The topological polar surface area (TPSA) is 53.4 Å². The molecule has 0 spiro atoms. The molecule has 1 aromatic rings. The van der Waals surface area contributed by atoms with Gasteiger partial charge in [0.1, 0.15) is 5.69 Å². The molecule has 2 rings (SSSR count). The summed E-state index contributed by atoms with van der Waals surface area (Å²) in [4.78, 5) is 10.2. The molecule has 0 aliphatic carbocycles.